The molecule has 8 heteroatoms. The predicted molar refractivity (Wildman–Crippen MR) is 90.8 cm³/mol. The summed E-state index contributed by atoms with van der Waals surface area (Å²) in [5.74, 6) is -1.27. The van der Waals surface area contributed by atoms with Gasteiger partial charge in [-0.25, -0.2) is 4.79 Å². The molecule has 0 spiro atoms. The lowest BCUT2D eigenvalue weighted by Gasteiger charge is -2.02. The minimum Gasteiger partial charge on any atom is -0.476 e. The number of oxime groups is 1. The van der Waals surface area contributed by atoms with Crippen molar-refractivity contribution in [3.63, 3.8) is 0 Å². The van der Waals surface area contributed by atoms with Gasteiger partial charge in [-0.1, -0.05) is 69.9 Å². The van der Waals surface area contributed by atoms with E-state index in [-0.39, 0.29) is 11.5 Å². The van der Waals surface area contributed by atoms with Gasteiger partial charge in [-0.15, -0.1) is 10.2 Å². The van der Waals surface area contributed by atoms with Gasteiger partial charge in [0.2, 0.25) is 11.5 Å². The van der Waals surface area contributed by atoms with Gasteiger partial charge in [-0.2, -0.15) is 4.80 Å². The molecule has 136 valence electrons. The topological polar surface area (TPSA) is 102 Å². The van der Waals surface area contributed by atoms with Gasteiger partial charge in [-0.05, 0) is 11.6 Å². The van der Waals surface area contributed by atoms with Gasteiger partial charge in [0, 0.05) is 0 Å². The highest BCUT2D eigenvalue weighted by Gasteiger charge is 2.19. The first-order valence-electron chi connectivity index (χ1n) is 8.81. The van der Waals surface area contributed by atoms with Gasteiger partial charge < -0.3 is 9.94 Å². The number of rotatable bonds is 14. The maximum Gasteiger partial charge on any atom is 0.362 e. The van der Waals surface area contributed by atoms with Crippen molar-refractivity contribution in [2.24, 2.45) is 5.16 Å². The van der Waals surface area contributed by atoms with E-state index in [1.54, 1.807) is 0 Å². The number of aromatic nitrogens is 4. The number of hydrogen-bond acceptors (Lipinski definition) is 6. The maximum atomic E-state index is 11.0. The highest BCUT2D eigenvalue weighted by Crippen LogP contribution is 2.10. The molecular formula is C16H29N5O3. The van der Waals surface area contributed by atoms with Crippen LogP contribution in [0.25, 0.3) is 0 Å². The summed E-state index contributed by atoms with van der Waals surface area (Å²) in [5, 5.41) is 24.0. The van der Waals surface area contributed by atoms with E-state index in [1.807, 2.05) is 0 Å². The molecule has 1 rings (SSSR count). The first-order valence-corrected chi connectivity index (χ1v) is 8.81. The van der Waals surface area contributed by atoms with Crippen LogP contribution in [0.1, 0.15) is 77.0 Å². The Morgan fingerprint density at radius 3 is 2.21 bits per heavy atom. The van der Waals surface area contributed by atoms with Crippen LogP contribution in [0, 0.1) is 0 Å². The molecule has 0 bridgehead atoms. The molecule has 0 aliphatic heterocycles. The molecule has 24 heavy (non-hydrogen) atoms. The first kappa shape index (κ1) is 20.1. The third-order valence-corrected chi connectivity index (χ3v) is 3.76. The lowest BCUT2D eigenvalue weighted by Crippen LogP contribution is -2.17. The molecule has 1 N–H and O–H groups in total. The van der Waals surface area contributed by atoms with Crippen LogP contribution in [0.4, 0.5) is 0 Å². The van der Waals surface area contributed by atoms with Crippen molar-refractivity contribution >= 4 is 11.7 Å². The van der Waals surface area contributed by atoms with Crippen LogP contribution < -0.4 is 0 Å². The summed E-state index contributed by atoms with van der Waals surface area (Å²) in [4.78, 5) is 16.9. The zero-order valence-electron chi connectivity index (χ0n) is 14.8. The Labute approximate surface area is 143 Å². The molecular weight excluding hydrogens is 310 g/mol. The number of nitrogens with zero attached hydrogens (tertiary/aromatic N) is 5. The number of tetrazole rings is 1. The fourth-order valence-corrected chi connectivity index (χ4v) is 2.44. The molecule has 0 aromatic carbocycles. The van der Waals surface area contributed by atoms with Crippen molar-refractivity contribution in [1.82, 2.24) is 20.2 Å². The van der Waals surface area contributed by atoms with Gasteiger partial charge in [0.25, 0.3) is 0 Å². The zero-order chi connectivity index (χ0) is 17.6. The van der Waals surface area contributed by atoms with Gasteiger partial charge in [-0.3, -0.25) is 0 Å². The summed E-state index contributed by atoms with van der Waals surface area (Å²) in [6, 6.07) is 0. The molecule has 8 nitrogen and oxygen atoms in total. The second-order valence-corrected chi connectivity index (χ2v) is 5.82. The van der Waals surface area contributed by atoms with Crippen LogP contribution in [-0.4, -0.2) is 44.1 Å². The van der Waals surface area contributed by atoms with Crippen molar-refractivity contribution in [3.05, 3.63) is 5.82 Å². The van der Waals surface area contributed by atoms with E-state index in [0.717, 1.165) is 12.8 Å². The fraction of sp³-hybridized carbons (Fsp3) is 0.812. The van der Waals surface area contributed by atoms with E-state index in [1.165, 1.54) is 63.3 Å². The van der Waals surface area contributed by atoms with Gasteiger partial charge in [0.15, 0.2) is 0 Å². The van der Waals surface area contributed by atoms with Crippen molar-refractivity contribution in [2.75, 3.05) is 7.11 Å². The van der Waals surface area contributed by atoms with Crippen LogP contribution in [0.15, 0.2) is 5.16 Å². The number of carboxylic acids is 1. The van der Waals surface area contributed by atoms with E-state index in [4.69, 9.17) is 5.11 Å². The number of hydrogen-bond donors (Lipinski definition) is 1. The largest absolute Gasteiger partial charge is 0.476 e. The third-order valence-electron chi connectivity index (χ3n) is 3.76. The van der Waals surface area contributed by atoms with E-state index in [0.29, 0.717) is 6.54 Å². The molecule has 0 aliphatic carbocycles. The SMILES string of the molecule is CCCCCCCCCCCCn1nnc(/C(=N/OC)C(=O)O)n1. The van der Waals surface area contributed by atoms with Crippen LogP contribution in [-0.2, 0) is 16.2 Å². The Morgan fingerprint density at radius 1 is 1.08 bits per heavy atom. The van der Waals surface area contributed by atoms with Crippen LogP contribution in [0.2, 0.25) is 0 Å². The smallest absolute Gasteiger partial charge is 0.362 e. The number of carboxylic acid groups (broad SMARTS) is 1. The summed E-state index contributed by atoms with van der Waals surface area (Å²) in [7, 11) is 1.27. The number of carbonyl (C=O) groups is 1. The summed E-state index contributed by atoms with van der Waals surface area (Å²) in [5.41, 5.74) is -0.341. The average Bonchev–Trinajstić information content (AvgIpc) is 3.02. The van der Waals surface area contributed by atoms with Crippen molar-refractivity contribution in [1.29, 1.82) is 0 Å². The predicted octanol–water partition coefficient (Wildman–Crippen LogP) is 3.03. The van der Waals surface area contributed by atoms with Crippen LogP contribution in [0.3, 0.4) is 0 Å². The molecule has 1 aromatic rings. The van der Waals surface area contributed by atoms with Crippen molar-refractivity contribution in [3.8, 4) is 0 Å². The highest BCUT2D eigenvalue weighted by molar-refractivity contribution is 6.41. The minimum absolute atomic E-state index is 0.0311. The Morgan fingerprint density at radius 2 is 1.67 bits per heavy atom. The van der Waals surface area contributed by atoms with Crippen molar-refractivity contribution in [2.45, 2.75) is 77.7 Å². The summed E-state index contributed by atoms with van der Waals surface area (Å²) in [6.45, 7) is 2.86. The average molecular weight is 339 g/mol. The monoisotopic (exact) mass is 339 g/mol. The number of unbranched alkanes of at least 4 members (excludes halogenated alkanes) is 9. The zero-order valence-corrected chi connectivity index (χ0v) is 14.8. The molecule has 0 saturated carbocycles. The van der Waals surface area contributed by atoms with Gasteiger partial charge in [0.05, 0.1) is 6.54 Å². The summed E-state index contributed by atoms with van der Waals surface area (Å²) >= 11 is 0. The van der Waals surface area contributed by atoms with Gasteiger partial charge >= 0.3 is 5.97 Å². The minimum atomic E-state index is -1.24. The second-order valence-electron chi connectivity index (χ2n) is 5.82. The number of aryl methyl sites for hydroxylation is 1. The lowest BCUT2D eigenvalue weighted by molar-refractivity contribution is -0.129. The molecule has 0 radical (unpaired) electrons. The number of aliphatic carboxylic acids is 1. The summed E-state index contributed by atoms with van der Waals surface area (Å²) in [6.07, 6.45) is 12.6. The quantitative estimate of drug-likeness (QED) is 0.317. The molecule has 0 unspecified atom stereocenters. The summed E-state index contributed by atoms with van der Waals surface area (Å²) < 4.78 is 0. The normalized spacial score (nSPS) is 11.7. The first-order chi connectivity index (χ1) is 11.7. The third kappa shape index (κ3) is 8.03. The molecule has 0 amide bonds. The van der Waals surface area contributed by atoms with E-state index in [2.05, 4.69) is 32.3 Å². The standard InChI is InChI=1S/C16H29N5O3/c1-3-4-5-6-7-8-9-10-11-12-13-21-18-15(17-20-21)14(16(22)23)19-24-2/h3-13H2,1-2H3,(H,22,23)/b19-14-. The Hall–Kier alpha value is -1.99. The molecule has 0 fully saturated rings. The maximum absolute atomic E-state index is 11.0. The molecule has 1 heterocycles. The van der Waals surface area contributed by atoms with Crippen molar-refractivity contribution < 1.29 is 14.7 Å². The van der Waals surface area contributed by atoms with E-state index >= 15 is 0 Å². The van der Waals surface area contributed by atoms with E-state index in [9.17, 15) is 4.79 Å². The second kappa shape index (κ2) is 12.4. The Kier molecular flexibility index (Phi) is 10.4. The fourth-order valence-electron chi connectivity index (χ4n) is 2.44. The Bertz CT molecular complexity index is 502. The van der Waals surface area contributed by atoms with E-state index < -0.39 is 5.97 Å². The lowest BCUT2D eigenvalue weighted by atomic mass is 10.1. The Balaban J connectivity index is 2.16. The van der Waals surface area contributed by atoms with Crippen LogP contribution in [0.5, 0.6) is 0 Å². The molecule has 0 atom stereocenters. The van der Waals surface area contributed by atoms with Gasteiger partial charge in [0.1, 0.15) is 7.11 Å². The molecule has 1 aromatic heterocycles. The molecule has 0 saturated heterocycles. The highest BCUT2D eigenvalue weighted by atomic mass is 16.6. The molecule has 0 aliphatic rings. The van der Waals surface area contributed by atoms with Crippen LogP contribution >= 0.6 is 0 Å².